The zero-order valence-corrected chi connectivity index (χ0v) is 11.6. The first kappa shape index (κ1) is 12.2. The van der Waals surface area contributed by atoms with Crippen molar-refractivity contribution in [3.63, 3.8) is 0 Å². The van der Waals surface area contributed by atoms with Gasteiger partial charge in [0, 0.05) is 13.1 Å². The molecule has 1 aliphatic heterocycles. The number of hydrogen-bond donors (Lipinski definition) is 1. The van der Waals surface area contributed by atoms with E-state index in [0.29, 0.717) is 24.3 Å². The van der Waals surface area contributed by atoms with E-state index in [9.17, 15) is 10.4 Å². The molecule has 0 amide bonds. The Morgan fingerprint density at radius 3 is 2.81 bits per heavy atom. The van der Waals surface area contributed by atoms with Gasteiger partial charge in [0.25, 0.3) is 0 Å². The summed E-state index contributed by atoms with van der Waals surface area (Å²) in [4.78, 5) is 6.73. The number of aryl methyl sites for hydroxylation is 1. The van der Waals surface area contributed by atoms with Gasteiger partial charge in [-0.1, -0.05) is 12.1 Å². The monoisotopic (exact) mass is 278 g/mol. The lowest BCUT2D eigenvalue weighted by Gasteiger charge is -2.38. The van der Waals surface area contributed by atoms with E-state index in [4.69, 9.17) is 0 Å². The number of fused-ring (bicyclic) bond motifs is 3. The fourth-order valence-electron chi connectivity index (χ4n) is 2.95. The number of aliphatic hydroxyl groups excluding tert-OH is 1. The van der Waals surface area contributed by atoms with Crippen LogP contribution in [0.2, 0.25) is 0 Å². The number of hydrogen-bond acceptors (Lipinski definition) is 4. The molecule has 1 saturated heterocycles. The third-order valence-electron chi connectivity index (χ3n) is 4.05. The van der Waals surface area contributed by atoms with Crippen LogP contribution in [0, 0.1) is 18.3 Å². The number of rotatable bonds is 1. The zero-order chi connectivity index (χ0) is 14.6. The number of nitriles is 1. The van der Waals surface area contributed by atoms with Gasteiger partial charge in [-0.25, -0.2) is 4.98 Å². The number of pyridine rings is 1. The number of para-hydroxylation sites is 2. The summed E-state index contributed by atoms with van der Waals surface area (Å²) in [6, 6.07) is 12.1. The van der Waals surface area contributed by atoms with Crippen molar-refractivity contribution >= 4 is 22.5 Å². The molecule has 0 bridgehead atoms. The van der Waals surface area contributed by atoms with Crippen LogP contribution in [0.25, 0.3) is 16.7 Å². The van der Waals surface area contributed by atoms with Gasteiger partial charge >= 0.3 is 0 Å². The Hall–Kier alpha value is -2.58. The Labute approximate surface area is 121 Å². The first-order valence-corrected chi connectivity index (χ1v) is 6.93. The summed E-state index contributed by atoms with van der Waals surface area (Å²) >= 11 is 0. The Morgan fingerprint density at radius 2 is 2.10 bits per heavy atom. The standard InChI is InChI=1S/C16H14N4O/c1-10-6-15(19-8-11(21)9-19)20-14-5-3-2-4-13(14)18-16(20)12(10)7-17/h2-6,11,21H,8-9H2,1H3. The van der Waals surface area contributed by atoms with Crippen LogP contribution in [0.1, 0.15) is 11.1 Å². The van der Waals surface area contributed by atoms with E-state index >= 15 is 0 Å². The van der Waals surface area contributed by atoms with Crippen molar-refractivity contribution < 1.29 is 5.11 Å². The molecule has 2 aromatic heterocycles. The topological polar surface area (TPSA) is 64.6 Å². The van der Waals surface area contributed by atoms with Gasteiger partial charge < -0.3 is 10.0 Å². The minimum Gasteiger partial charge on any atom is -0.389 e. The van der Waals surface area contributed by atoms with Crippen LogP contribution >= 0.6 is 0 Å². The molecule has 1 fully saturated rings. The fraction of sp³-hybridized carbons (Fsp3) is 0.250. The summed E-state index contributed by atoms with van der Waals surface area (Å²) in [6.07, 6.45) is -0.272. The number of imidazole rings is 1. The van der Waals surface area contributed by atoms with E-state index in [1.807, 2.05) is 41.7 Å². The van der Waals surface area contributed by atoms with Crippen molar-refractivity contribution in [1.29, 1.82) is 5.26 Å². The summed E-state index contributed by atoms with van der Waals surface area (Å²) in [5, 5.41) is 19.0. The molecular formula is C16H14N4O. The lowest BCUT2D eigenvalue weighted by atomic mass is 10.1. The summed E-state index contributed by atoms with van der Waals surface area (Å²) in [6.45, 7) is 3.16. The molecule has 0 saturated carbocycles. The predicted molar refractivity (Wildman–Crippen MR) is 80.4 cm³/mol. The normalized spacial score (nSPS) is 15.4. The van der Waals surface area contributed by atoms with E-state index in [0.717, 1.165) is 22.4 Å². The van der Waals surface area contributed by atoms with Crippen molar-refractivity contribution in [2.75, 3.05) is 18.0 Å². The molecule has 4 rings (SSSR count). The average molecular weight is 278 g/mol. The molecule has 1 aromatic carbocycles. The molecule has 0 spiro atoms. The zero-order valence-electron chi connectivity index (χ0n) is 11.6. The Balaban J connectivity index is 2.11. The molecule has 1 N–H and O–H groups in total. The van der Waals surface area contributed by atoms with E-state index < -0.39 is 0 Å². The lowest BCUT2D eigenvalue weighted by Crippen LogP contribution is -2.51. The second-order valence-corrected chi connectivity index (χ2v) is 5.49. The maximum atomic E-state index is 9.57. The molecule has 3 aromatic rings. The van der Waals surface area contributed by atoms with Crippen LogP contribution in [0.4, 0.5) is 5.82 Å². The van der Waals surface area contributed by atoms with Gasteiger partial charge in [-0.2, -0.15) is 5.26 Å². The van der Waals surface area contributed by atoms with Crippen LogP contribution in [0.5, 0.6) is 0 Å². The van der Waals surface area contributed by atoms with Crippen molar-refractivity contribution in [1.82, 2.24) is 9.38 Å². The Bertz CT molecular complexity index is 900. The molecule has 0 atom stereocenters. The molecule has 5 nitrogen and oxygen atoms in total. The predicted octanol–water partition coefficient (Wildman–Crippen LogP) is 1.85. The van der Waals surface area contributed by atoms with E-state index in [-0.39, 0.29) is 6.10 Å². The molecular weight excluding hydrogens is 264 g/mol. The van der Waals surface area contributed by atoms with E-state index in [2.05, 4.69) is 16.0 Å². The quantitative estimate of drug-likeness (QED) is 0.738. The average Bonchev–Trinajstić information content (AvgIpc) is 2.82. The minimum absolute atomic E-state index is 0.272. The molecule has 3 heterocycles. The van der Waals surface area contributed by atoms with Gasteiger partial charge in [-0.05, 0) is 30.7 Å². The molecule has 104 valence electrons. The third kappa shape index (κ3) is 1.63. The number of anilines is 1. The highest BCUT2D eigenvalue weighted by Crippen LogP contribution is 2.30. The summed E-state index contributed by atoms with van der Waals surface area (Å²) in [7, 11) is 0. The van der Waals surface area contributed by atoms with Crippen LogP contribution < -0.4 is 4.90 Å². The minimum atomic E-state index is -0.272. The largest absolute Gasteiger partial charge is 0.389 e. The van der Waals surface area contributed by atoms with Crippen molar-refractivity contribution in [3.8, 4) is 6.07 Å². The number of aliphatic hydroxyl groups is 1. The van der Waals surface area contributed by atoms with E-state index in [1.54, 1.807) is 0 Å². The number of β-amino-alcohol motifs (C(OH)–C–C–N with tert-alkyl or cyclic N) is 1. The summed E-state index contributed by atoms with van der Waals surface area (Å²) < 4.78 is 2.02. The van der Waals surface area contributed by atoms with Gasteiger partial charge in [0.1, 0.15) is 11.9 Å². The molecule has 21 heavy (non-hydrogen) atoms. The van der Waals surface area contributed by atoms with Crippen LogP contribution in [-0.2, 0) is 0 Å². The van der Waals surface area contributed by atoms with Gasteiger partial charge in [-0.15, -0.1) is 0 Å². The van der Waals surface area contributed by atoms with Crippen molar-refractivity contribution in [2.24, 2.45) is 0 Å². The maximum absolute atomic E-state index is 9.57. The highest BCUT2D eigenvalue weighted by atomic mass is 16.3. The Morgan fingerprint density at radius 1 is 1.33 bits per heavy atom. The second-order valence-electron chi connectivity index (χ2n) is 5.49. The second kappa shape index (κ2) is 4.21. The van der Waals surface area contributed by atoms with E-state index in [1.165, 1.54) is 0 Å². The van der Waals surface area contributed by atoms with Crippen LogP contribution in [0.3, 0.4) is 0 Å². The smallest absolute Gasteiger partial charge is 0.157 e. The Kier molecular flexibility index (Phi) is 2.44. The lowest BCUT2D eigenvalue weighted by molar-refractivity contribution is 0.141. The van der Waals surface area contributed by atoms with Gasteiger partial charge in [0.05, 0.1) is 22.7 Å². The maximum Gasteiger partial charge on any atom is 0.157 e. The molecule has 0 radical (unpaired) electrons. The molecule has 5 heteroatoms. The first-order chi connectivity index (χ1) is 10.2. The van der Waals surface area contributed by atoms with Gasteiger partial charge in [0.15, 0.2) is 5.65 Å². The van der Waals surface area contributed by atoms with Crippen LogP contribution in [-0.4, -0.2) is 33.7 Å². The number of benzene rings is 1. The van der Waals surface area contributed by atoms with Crippen molar-refractivity contribution in [2.45, 2.75) is 13.0 Å². The molecule has 1 aliphatic rings. The van der Waals surface area contributed by atoms with Crippen molar-refractivity contribution in [3.05, 3.63) is 41.5 Å². The highest BCUT2D eigenvalue weighted by molar-refractivity contribution is 5.85. The summed E-state index contributed by atoms with van der Waals surface area (Å²) in [5.41, 5.74) is 4.07. The summed E-state index contributed by atoms with van der Waals surface area (Å²) in [5.74, 6) is 0.987. The van der Waals surface area contributed by atoms with Gasteiger partial charge in [-0.3, -0.25) is 4.40 Å². The molecule has 0 unspecified atom stereocenters. The fourth-order valence-corrected chi connectivity index (χ4v) is 2.95. The van der Waals surface area contributed by atoms with Crippen LogP contribution in [0.15, 0.2) is 30.3 Å². The number of nitrogens with zero attached hydrogens (tertiary/aromatic N) is 4. The highest BCUT2D eigenvalue weighted by Gasteiger charge is 2.28. The third-order valence-corrected chi connectivity index (χ3v) is 4.05. The number of aromatic nitrogens is 2. The first-order valence-electron chi connectivity index (χ1n) is 6.93. The SMILES string of the molecule is Cc1cc(N2CC(O)C2)n2c(nc3ccccc32)c1C#N. The molecule has 0 aliphatic carbocycles. The van der Waals surface area contributed by atoms with Gasteiger partial charge in [0.2, 0.25) is 0 Å².